The first kappa shape index (κ1) is 18.7. The van der Waals surface area contributed by atoms with Gasteiger partial charge in [0.1, 0.15) is 0 Å². The molecule has 0 heterocycles. The third kappa shape index (κ3) is 14.8. The molecule has 1 unspecified atom stereocenters. The molecule has 0 aromatic rings. The first-order valence-electron chi connectivity index (χ1n) is 3.78. The molecule has 1 atom stereocenters. The molecule has 0 bridgehead atoms. The zero-order chi connectivity index (χ0) is 8.69. The van der Waals surface area contributed by atoms with Crippen molar-refractivity contribution in [3.8, 4) is 0 Å². The van der Waals surface area contributed by atoms with Crippen molar-refractivity contribution in [2.75, 3.05) is 13.6 Å². The largest absolute Gasteiger partial charge is 0.481 e. The van der Waals surface area contributed by atoms with Crippen LogP contribution in [0.25, 0.3) is 0 Å². The minimum absolute atomic E-state index is 0. The Labute approximate surface area is 91.1 Å². The van der Waals surface area contributed by atoms with Gasteiger partial charge in [0, 0.05) is 6.04 Å². The van der Waals surface area contributed by atoms with E-state index in [9.17, 15) is 4.79 Å². The highest BCUT2D eigenvalue weighted by Crippen LogP contribution is 1.97. The highest BCUT2D eigenvalue weighted by Gasteiger charge is 2.06. The highest BCUT2D eigenvalue weighted by atomic mass is 35.5. The molecule has 0 spiro atoms. The Morgan fingerprint density at radius 2 is 2.08 bits per heavy atom. The molecule has 0 fully saturated rings. The summed E-state index contributed by atoms with van der Waals surface area (Å²) in [5, 5.41) is 11.3. The van der Waals surface area contributed by atoms with E-state index >= 15 is 0 Å². The van der Waals surface area contributed by atoms with Crippen molar-refractivity contribution in [2.45, 2.75) is 25.3 Å². The van der Waals surface area contributed by atoms with E-state index in [-0.39, 0.29) is 37.3 Å². The second-order valence-corrected chi connectivity index (χ2v) is 2.60. The number of carbonyl (C=O) groups is 1. The van der Waals surface area contributed by atoms with E-state index in [0.717, 1.165) is 19.4 Å². The molecule has 0 saturated carbocycles. The van der Waals surface area contributed by atoms with Gasteiger partial charge in [-0.15, -0.1) is 24.8 Å². The summed E-state index contributed by atoms with van der Waals surface area (Å²) in [4.78, 5) is 10.1. The van der Waals surface area contributed by atoms with Crippen molar-refractivity contribution in [3.05, 3.63) is 0 Å². The first-order valence-corrected chi connectivity index (χ1v) is 3.78. The van der Waals surface area contributed by atoms with Crippen molar-refractivity contribution >= 4 is 30.8 Å². The molecule has 4 N–H and O–H groups in total. The quantitative estimate of drug-likeness (QED) is 0.588. The van der Waals surface area contributed by atoms with E-state index in [1.165, 1.54) is 0 Å². The van der Waals surface area contributed by atoms with Gasteiger partial charge in [0.05, 0.1) is 6.42 Å². The molecule has 0 aliphatic heterocycles. The lowest BCUT2D eigenvalue weighted by Crippen LogP contribution is -2.24. The summed E-state index contributed by atoms with van der Waals surface area (Å²) in [5.74, 6) is -0.818. The number of halogens is 2. The number of hydrogen-bond donors (Lipinski definition) is 3. The van der Waals surface area contributed by atoms with Gasteiger partial charge >= 0.3 is 5.97 Å². The summed E-state index contributed by atoms with van der Waals surface area (Å²) < 4.78 is 0. The zero-order valence-electron chi connectivity index (χ0n) is 7.66. The minimum atomic E-state index is -0.818. The van der Waals surface area contributed by atoms with Crippen LogP contribution in [0.2, 0.25) is 0 Å². The molecular weight excluding hydrogens is 215 g/mol. The number of hydrogen-bond acceptors (Lipinski definition) is 3. The lowest BCUT2D eigenvalue weighted by Gasteiger charge is -2.07. The second-order valence-electron chi connectivity index (χ2n) is 2.60. The number of carboxylic acid groups (broad SMARTS) is 1. The van der Waals surface area contributed by atoms with Crippen LogP contribution in [0.3, 0.4) is 0 Å². The monoisotopic (exact) mass is 232 g/mol. The third-order valence-corrected chi connectivity index (χ3v) is 1.44. The van der Waals surface area contributed by atoms with Gasteiger partial charge < -0.3 is 16.2 Å². The van der Waals surface area contributed by atoms with Gasteiger partial charge in [-0.3, -0.25) is 4.79 Å². The molecule has 0 radical (unpaired) electrons. The Balaban J connectivity index is -0.000000500. The number of nitrogens with two attached hydrogens (primary N) is 1. The van der Waals surface area contributed by atoms with E-state index in [2.05, 4.69) is 5.32 Å². The molecule has 13 heavy (non-hydrogen) atoms. The van der Waals surface area contributed by atoms with Gasteiger partial charge in [-0.25, -0.2) is 0 Å². The Kier molecular flexibility index (Phi) is 17.2. The first-order chi connectivity index (χ1) is 5.16. The SMILES string of the molecule is CNCCCC(N)CC(=O)O.Cl.Cl. The molecule has 0 aromatic heterocycles. The zero-order valence-corrected chi connectivity index (χ0v) is 9.29. The Morgan fingerprint density at radius 1 is 1.54 bits per heavy atom. The molecule has 0 aliphatic rings. The molecule has 0 aliphatic carbocycles. The molecule has 0 rings (SSSR count). The van der Waals surface area contributed by atoms with Crippen molar-refractivity contribution in [3.63, 3.8) is 0 Å². The van der Waals surface area contributed by atoms with E-state index in [1.807, 2.05) is 7.05 Å². The maximum atomic E-state index is 10.1. The fraction of sp³-hybridized carbons (Fsp3) is 0.857. The van der Waals surface area contributed by atoms with Crippen LogP contribution in [0.1, 0.15) is 19.3 Å². The number of nitrogens with one attached hydrogen (secondary N) is 1. The van der Waals surface area contributed by atoms with Gasteiger partial charge in [0.15, 0.2) is 0 Å². The lowest BCUT2D eigenvalue weighted by molar-refractivity contribution is -0.137. The summed E-state index contributed by atoms with van der Waals surface area (Å²) in [6.45, 7) is 0.896. The maximum Gasteiger partial charge on any atom is 0.304 e. The van der Waals surface area contributed by atoms with E-state index in [4.69, 9.17) is 10.8 Å². The summed E-state index contributed by atoms with van der Waals surface area (Å²) in [5.41, 5.74) is 5.51. The number of rotatable bonds is 6. The predicted octanol–water partition coefficient (Wildman–Crippen LogP) is 0.632. The van der Waals surface area contributed by atoms with E-state index < -0.39 is 5.97 Å². The van der Waals surface area contributed by atoms with Crippen LogP contribution in [0.15, 0.2) is 0 Å². The lowest BCUT2D eigenvalue weighted by atomic mass is 10.1. The Hall–Kier alpha value is -0.0300. The summed E-state index contributed by atoms with van der Waals surface area (Å²) in [6.07, 6.45) is 1.78. The van der Waals surface area contributed by atoms with Crippen LogP contribution in [-0.4, -0.2) is 30.7 Å². The fourth-order valence-electron chi connectivity index (χ4n) is 0.867. The van der Waals surface area contributed by atoms with Gasteiger partial charge in [-0.05, 0) is 26.4 Å². The molecule has 82 valence electrons. The highest BCUT2D eigenvalue weighted by molar-refractivity contribution is 5.85. The summed E-state index contributed by atoms with van der Waals surface area (Å²) in [6, 6.07) is -0.194. The van der Waals surface area contributed by atoms with Crippen molar-refractivity contribution < 1.29 is 9.90 Å². The van der Waals surface area contributed by atoms with E-state index in [0.29, 0.717) is 0 Å². The predicted molar refractivity (Wildman–Crippen MR) is 57.9 cm³/mol. The maximum absolute atomic E-state index is 10.1. The molecule has 4 nitrogen and oxygen atoms in total. The fourth-order valence-corrected chi connectivity index (χ4v) is 0.867. The van der Waals surface area contributed by atoms with Crippen LogP contribution < -0.4 is 11.1 Å². The average Bonchev–Trinajstić information content (AvgIpc) is 1.86. The topological polar surface area (TPSA) is 75.3 Å². The second kappa shape index (κ2) is 12.0. The van der Waals surface area contributed by atoms with Crippen molar-refractivity contribution in [1.82, 2.24) is 5.32 Å². The Morgan fingerprint density at radius 3 is 2.46 bits per heavy atom. The number of aliphatic carboxylic acids is 1. The average molecular weight is 233 g/mol. The smallest absolute Gasteiger partial charge is 0.304 e. The van der Waals surface area contributed by atoms with Crippen molar-refractivity contribution in [1.29, 1.82) is 0 Å². The van der Waals surface area contributed by atoms with Crippen LogP contribution in [0.4, 0.5) is 0 Å². The van der Waals surface area contributed by atoms with Crippen LogP contribution in [0.5, 0.6) is 0 Å². The summed E-state index contributed by atoms with van der Waals surface area (Å²) >= 11 is 0. The molecule has 0 aromatic carbocycles. The molecular formula is C7H18Cl2N2O2. The van der Waals surface area contributed by atoms with Gasteiger partial charge in [0.2, 0.25) is 0 Å². The minimum Gasteiger partial charge on any atom is -0.481 e. The van der Waals surface area contributed by atoms with Crippen LogP contribution in [-0.2, 0) is 4.79 Å². The molecule has 0 amide bonds. The number of carboxylic acids is 1. The normalized spacial score (nSPS) is 10.9. The van der Waals surface area contributed by atoms with Crippen LogP contribution in [0, 0.1) is 0 Å². The van der Waals surface area contributed by atoms with Gasteiger partial charge in [0.25, 0.3) is 0 Å². The summed E-state index contributed by atoms with van der Waals surface area (Å²) in [7, 11) is 1.86. The van der Waals surface area contributed by atoms with Crippen molar-refractivity contribution in [2.24, 2.45) is 5.73 Å². The molecule has 6 heteroatoms. The van der Waals surface area contributed by atoms with Gasteiger partial charge in [-0.1, -0.05) is 0 Å². The van der Waals surface area contributed by atoms with Gasteiger partial charge in [-0.2, -0.15) is 0 Å². The molecule has 0 saturated heterocycles. The third-order valence-electron chi connectivity index (χ3n) is 1.44. The van der Waals surface area contributed by atoms with Crippen LogP contribution >= 0.6 is 24.8 Å². The standard InChI is InChI=1S/C7H16N2O2.2ClH/c1-9-4-2-3-6(8)5-7(10)11;;/h6,9H,2-5,8H2,1H3,(H,10,11);2*1H. The van der Waals surface area contributed by atoms with E-state index in [1.54, 1.807) is 0 Å². The Bertz CT molecular complexity index is 125.